The Labute approximate surface area is 92.4 Å². The lowest BCUT2D eigenvalue weighted by atomic mass is 10.1. The molecule has 0 unspecified atom stereocenters. The number of carbonyl (C=O) groups is 1. The molecular formula is C12H10N2O2. The van der Waals surface area contributed by atoms with Gasteiger partial charge in [-0.15, -0.1) is 0 Å². The summed E-state index contributed by atoms with van der Waals surface area (Å²) < 4.78 is 4.67. The van der Waals surface area contributed by atoms with Crippen molar-refractivity contribution in [1.29, 1.82) is 5.26 Å². The van der Waals surface area contributed by atoms with E-state index in [-0.39, 0.29) is 0 Å². The average molecular weight is 214 g/mol. The largest absolute Gasteiger partial charge is 0.464 e. The number of carbonyl (C=O) groups excluding carboxylic acids is 1. The molecule has 0 aliphatic heterocycles. The number of nitriles is 1. The number of aromatic nitrogens is 1. The zero-order chi connectivity index (χ0) is 11.7. The number of ether oxygens (including phenoxy) is 1. The summed E-state index contributed by atoms with van der Waals surface area (Å²) in [4.78, 5) is 14.4. The molecule has 0 bridgehead atoms. The Morgan fingerprint density at radius 2 is 2.25 bits per heavy atom. The molecule has 1 aromatic heterocycles. The second-order valence-corrected chi connectivity index (χ2v) is 3.49. The highest BCUT2D eigenvalue weighted by Crippen LogP contribution is 2.23. The number of rotatable bonds is 1. The van der Waals surface area contributed by atoms with Crippen molar-refractivity contribution in [3.8, 4) is 6.07 Å². The Balaban J connectivity index is 2.68. The van der Waals surface area contributed by atoms with Gasteiger partial charge in [0.1, 0.15) is 5.69 Å². The molecule has 0 radical (unpaired) electrons. The lowest BCUT2D eigenvalue weighted by Gasteiger charge is -1.95. The molecule has 80 valence electrons. The summed E-state index contributed by atoms with van der Waals surface area (Å²) in [5.74, 6) is -0.396. The molecule has 4 heteroatoms. The summed E-state index contributed by atoms with van der Waals surface area (Å²) in [6.45, 7) is 1.84. The molecule has 0 fully saturated rings. The number of nitrogens with one attached hydrogen (secondary N) is 1. The van der Waals surface area contributed by atoms with E-state index >= 15 is 0 Å². The van der Waals surface area contributed by atoms with Crippen LogP contribution in [-0.2, 0) is 4.74 Å². The van der Waals surface area contributed by atoms with E-state index in [1.165, 1.54) is 7.11 Å². The Kier molecular flexibility index (Phi) is 2.37. The van der Waals surface area contributed by atoms with Crippen LogP contribution in [0.2, 0.25) is 0 Å². The van der Waals surface area contributed by atoms with Crippen LogP contribution in [0.4, 0.5) is 0 Å². The van der Waals surface area contributed by atoms with Crippen LogP contribution < -0.4 is 0 Å². The van der Waals surface area contributed by atoms with Gasteiger partial charge in [0.05, 0.1) is 18.7 Å². The van der Waals surface area contributed by atoms with Crippen LogP contribution in [0.3, 0.4) is 0 Å². The SMILES string of the molecule is COC(=O)c1[nH]c2cc(C#N)ccc2c1C. The van der Waals surface area contributed by atoms with Crippen LogP contribution in [0, 0.1) is 18.3 Å². The van der Waals surface area contributed by atoms with Gasteiger partial charge in [0.15, 0.2) is 0 Å². The van der Waals surface area contributed by atoms with Crippen LogP contribution in [0.1, 0.15) is 21.6 Å². The molecule has 1 N–H and O–H groups in total. The van der Waals surface area contributed by atoms with Crippen molar-refractivity contribution in [2.45, 2.75) is 6.92 Å². The van der Waals surface area contributed by atoms with Crippen molar-refractivity contribution in [3.05, 3.63) is 35.0 Å². The number of H-pyrrole nitrogens is 1. The number of fused-ring (bicyclic) bond motifs is 1. The average Bonchev–Trinajstić information content (AvgIpc) is 2.65. The molecule has 0 spiro atoms. The normalized spacial score (nSPS) is 10.1. The molecule has 4 nitrogen and oxygen atoms in total. The molecular weight excluding hydrogens is 204 g/mol. The predicted octanol–water partition coefficient (Wildman–Crippen LogP) is 2.13. The van der Waals surface area contributed by atoms with Crippen molar-refractivity contribution in [1.82, 2.24) is 4.98 Å². The van der Waals surface area contributed by atoms with Crippen molar-refractivity contribution < 1.29 is 9.53 Å². The first-order valence-corrected chi connectivity index (χ1v) is 4.78. The smallest absolute Gasteiger partial charge is 0.354 e. The maximum atomic E-state index is 11.4. The molecule has 0 aliphatic rings. The number of benzene rings is 1. The summed E-state index contributed by atoms with van der Waals surface area (Å²) in [7, 11) is 1.34. The molecule has 2 aromatic rings. The van der Waals surface area contributed by atoms with Gasteiger partial charge < -0.3 is 9.72 Å². The molecule has 0 saturated carbocycles. The van der Waals surface area contributed by atoms with Gasteiger partial charge in [-0.2, -0.15) is 5.26 Å². The second-order valence-electron chi connectivity index (χ2n) is 3.49. The highest BCUT2D eigenvalue weighted by molar-refractivity contribution is 5.98. The number of hydrogen-bond donors (Lipinski definition) is 1. The van der Waals surface area contributed by atoms with E-state index in [1.807, 2.05) is 13.0 Å². The van der Waals surface area contributed by atoms with Gasteiger partial charge in [-0.1, -0.05) is 6.07 Å². The molecule has 0 amide bonds. The first-order chi connectivity index (χ1) is 7.67. The zero-order valence-corrected chi connectivity index (χ0v) is 9.00. The monoisotopic (exact) mass is 214 g/mol. The third-order valence-corrected chi connectivity index (χ3v) is 2.58. The number of aryl methyl sites for hydroxylation is 1. The van der Waals surface area contributed by atoms with Crippen molar-refractivity contribution in [2.75, 3.05) is 7.11 Å². The van der Waals surface area contributed by atoms with E-state index in [0.717, 1.165) is 16.5 Å². The van der Waals surface area contributed by atoms with Crippen LogP contribution in [0.25, 0.3) is 10.9 Å². The predicted molar refractivity (Wildman–Crippen MR) is 59.1 cm³/mol. The van der Waals surface area contributed by atoms with Crippen molar-refractivity contribution in [3.63, 3.8) is 0 Å². The quantitative estimate of drug-likeness (QED) is 0.739. The first kappa shape index (κ1) is 10.2. The number of aromatic amines is 1. The van der Waals surface area contributed by atoms with Gasteiger partial charge in [0.25, 0.3) is 0 Å². The number of hydrogen-bond acceptors (Lipinski definition) is 3. The minimum atomic E-state index is -0.396. The Morgan fingerprint density at radius 1 is 1.50 bits per heavy atom. The molecule has 0 atom stereocenters. The second kappa shape index (κ2) is 3.70. The molecule has 1 heterocycles. The molecule has 16 heavy (non-hydrogen) atoms. The molecule has 1 aromatic carbocycles. The summed E-state index contributed by atoms with van der Waals surface area (Å²) in [5, 5.41) is 9.70. The fraction of sp³-hybridized carbons (Fsp3) is 0.167. The van der Waals surface area contributed by atoms with E-state index in [4.69, 9.17) is 5.26 Å². The number of methoxy groups -OCH3 is 1. The highest BCUT2D eigenvalue weighted by Gasteiger charge is 2.14. The number of nitrogens with zero attached hydrogens (tertiary/aromatic N) is 1. The fourth-order valence-corrected chi connectivity index (χ4v) is 1.71. The molecule has 2 rings (SSSR count). The Hall–Kier alpha value is -2.28. The minimum Gasteiger partial charge on any atom is -0.464 e. The van der Waals surface area contributed by atoms with Gasteiger partial charge >= 0.3 is 5.97 Å². The summed E-state index contributed by atoms with van der Waals surface area (Å²) in [5.41, 5.74) is 2.61. The zero-order valence-electron chi connectivity index (χ0n) is 9.00. The summed E-state index contributed by atoms with van der Waals surface area (Å²) in [6, 6.07) is 7.32. The van der Waals surface area contributed by atoms with Gasteiger partial charge in [0, 0.05) is 10.9 Å². The standard InChI is InChI=1S/C12H10N2O2/c1-7-9-4-3-8(6-13)5-10(9)14-11(7)12(15)16-2/h3-5,14H,1-2H3. The third-order valence-electron chi connectivity index (χ3n) is 2.58. The third kappa shape index (κ3) is 1.43. The lowest BCUT2D eigenvalue weighted by Crippen LogP contribution is -2.02. The fourth-order valence-electron chi connectivity index (χ4n) is 1.71. The van der Waals surface area contributed by atoms with Gasteiger partial charge in [-0.05, 0) is 24.6 Å². The van der Waals surface area contributed by atoms with Crippen molar-refractivity contribution in [2.24, 2.45) is 0 Å². The maximum Gasteiger partial charge on any atom is 0.354 e. The Morgan fingerprint density at radius 3 is 2.88 bits per heavy atom. The van der Waals surface area contributed by atoms with E-state index in [2.05, 4.69) is 15.8 Å². The van der Waals surface area contributed by atoms with Crippen LogP contribution >= 0.6 is 0 Å². The van der Waals surface area contributed by atoms with E-state index in [0.29, 0.717) is 11.3 Å². The highest BCUT2D eigenvalue weighted by atomic mass is 16.5. The summed E-state index contributed by atoms with van der Waals surface area (Å²) >= 11 is 0. The lowest BCUT2D eigenvalue weighted by molar-refractivity contribution is 0.0594. The van der Waals surface area contributed by atoms with Crippen LogP contribution in [0.5, 0.6) is 0 Å². The minimum absolute atomic E-state index is 0.396. The summed E-state index contributed by atoms with van der Waals surface area (Å²) in [6.07, 6.45) is 0. The maximum absolute atomic E-state index is 11.4. The van der Waals surface area contributed by atoms with E-state index < -0.39 is 5.97 Å². The molecule has 0 aliphatic carbocycles. The molecule has 0 saturated heterocycles. The number of esters is 1. The first-order valence-electron chi connectivity index (χ1n) is 4.78. The van der Waals surface area contributed by atoms with Gasteiger partial charge in [0.2, 0.25) is 0 Å². The van der Waals surface area contributed by atoms with Gasteiger partial charge in [-0.25, -0.2) is 4.79 Å². The van der Waals surface area contributed by atoms with E-state index in [9.17, 15) is 4.79 Å². The van der Waals surface area contributed by atoms with Crippen molar-refractivity contribution >= 4 is 16.9 Å². The van der Waals surface area contributed by atoms with E-state index in [1.54, 1.807) is 12.1 Å². The van der Waals surface area contributed by atoms with Crippen LogP contribution in [-0.4, -0.2) is 18.1 Å². The van der Waals surface area contributed by atoms with Crippen LogP contribution in [0.15, 0.2) is 18.2 Å². The van der Waals surface area contributed by atoms with Gasteiger partial charge in [-0.3, -0.25) is 0 Å². The Bertz CT molecular complexity index is 605. The topological polar surface area (TPSA) is 65.9 Å².